The molecule has 32 heavy (non-hydrogen) atoms. The molecule has 2 atom stereocenters. The van der Waals surface area contributed by atoms with Crippen molar-refractivity contribution >= 4 is 11.8 Å². The molecule has 1 fully saturated rings. The highest BCUT2D eigenvalue weighted by Crippen LogP contribution is 2.47. The number of methoxy groups -OCH3 is 1. The molecule has 172 valence electrons. The first-order chi connectivity index (χ1) is 15.2. The minimum Gasteiger partial charge on any atom is -0.504 e. The minimum atomic E-state index is -0.622. The minimum absolute atomic E-state index is 0.000911. The van der Waals surface area contributed by atoms with Crippen molar-refractivity contribution in [2.75, 3.05) is 20.3 Å². The zero-order valence-electron chi connectivity index (χ0n) is 19.1. The summed E-state index contributed by atoms with van der Waals surface area (Å²) in [6.07, 6.45) is 2.82. The van der Waals surface area contributed by atoms with Crippen LogP contribution in [-0.2, 0) is 19.1 Å². The Morgan fingerprint density at radius 2 is 2.09 bits per heavy atom. The number of aromatic hydroxyl groups is 1. The van der Waals surface area contributed by atoms with Gasteiger partial charge in [0.05, 0.1) is 18.8 Å². The van der Waals surface area contributed by atoms with Crippen molar-refractivity contribution in [2.45, 2.75) is 58.5 Å². The Hall–Kier alpha value is -2.80. The standard InChI is InChI=1S/C25H31NO6/c1-14-21(24(29)32-13-16-6-5-9-31-16)22(15-7-8-20(30-4)18(27)10-15)23-17(26-14)11-25(2,3)12-19(23)28/h7-8,10,16,22,26-27H,5-6,9,11-13H2,1-4H3. The summed E-state index contributed by atoms with van der Waals surface area (Å²) in [4.78, 5) is 26.6. The fraction of sp³-hybridized carbons (Fsp3) is 0.520. The van der Waals surface area contributed by atoms with E-state index >= 15 is 0 Å². The predicted molar refractivity (Wildman–Crippen MR) is 118 cm³/mol. The van der Waals surface area contributed by atoms with Crippen molar-refractivity contribution in [2.24, 2.45) is 5.41 Å². The van der Waals surface area contributed by atoms with Gasteiger partial charge in [-0.15, -0.1) is 0 Å². The topological polar surface area (TPSA) is 94.1 Å². The molecule has 2 unspecified atom stereocenters. The van der Waals surface area contributed by atoms with Crippen molar-refractivity contribution in [3.63, 3.8) is 0 Å². The van der Waals surface area contributed by atoms with Crippen LogP contribution in [0.2, 0.25) is 0 Å². The van der Waals surface area contributed by atoms with Crippen molar-refractivity contribution in [1.82, 2.24) is 5.32 Å². The smallest absolute Gasteiger partial charge is 0.336 e. The van der Waals surface area contributed by atoms with Gasteiger partial charge in [0.2, 0.25) is 0 Å². The predicted octanol–water partition coefficient (Wildman–Crippen LogP) is 3.73. The number of Topliss-reactive ketones (excluding diaryl/α,β-unsaturated/α-hetero) is 1. The van der Waals surface area contributed by atoms with Gasteiger partial charge in [0.1, 0.15) is 6.61 Å². The summed E-state index contributed by atoms with van der Waals surface area (Å²) in [6.45, 7) is 6.82. The molecule has 2 heterocycles. The van der Waals surface area contributed by atoms with Crippen LogP contribution in [0, 0.1) is 5.41 Å². The molecule has 4 rings (SSSR count). The molecule has 1 saturated heterocycles. The number of phenols is 1. The lowest BCUT2D eigenvalue weighted by Crippen LogP contribution is -2.39. The first kappa shape index (κ1) is 22.4. The lowest BCUT2D eigenvalue weighted by Gasteiger charge is -2.39. The number of ether oxygens (including phenoxy) is 3. The maximum Gasteiger partial charge on any atom is 0.336 e. The number of benzene rings is 1. The first-order valence-electron chi connectivity index (χ1n) is 11.1. The third kappa shape index (κ3) is 4.26. The van der Waals surface area contributed by atoms with Gasteiger partial charge in [0.15, 0.2) is 17.3 Å². The number of phenolic OH excluding ortho intramolecular Hbond substituents is 1. The highest BCUT2D eigenvalue weighted by atomic mass is 16.6. The summed E-state index contributed by atoms with van der Waals surface area (Å²) in [7, 11) is 1.48. The molecule has 1 aromatic rings. The van der Waals surface area contributed by atoms with Gasteiger partial charge in [0.25, 0.3) is 0 Å². The number of carbonyl (C=O) groups is 2. The van der Waals surface area contributed by atoms with Gasteiger partial charge in [-0.25, -0.2) is 4.79 Å². The normalized spacial score (nSPS) is 24.8. The number of hydrogen-bond acceptors (Lipinski definition) is 7. The summed E-state index contributed by atoms with van der Waals surface area (Å²) in [5.41, 5.74) is 2.93. The van der Waals surface area contributed by atoms with E-state index in [0.29, 0.717) is 47.6 Å². The van der Waals surface area contributed by atoms with Crippen LogP contribution in [0.3, 0.4) is 0 Å². The highest BCUT2D eigenvalue weighted by Gasteiger charge is 2.43. The molecule has 0 aromatic heterocycles. The fourth-order valence-corrected chi connectivity index (χ4v) is 4.95. The van der Waals surface area contributed by atoms with Crippen molar-refractivity contribution in [3.8, 4) is 11.5 Å². The molecule has 0 spiro atoms. The van der Waals surface area contributed by atoms with Crippen molar-refractivity contribution in [1.29, 1.82) is 0 Å². The number of nitrogens with one attached hydrogen (secondary N) is 1. The molecule has 7 nitrogen and oxygen atoms in total. The van der Waals surface area contributed by atoms with Crippen LogP contribution in [0.5, 0.6) is 11.5 Å². The molecule has 2 aliphatic heterocycles. The van der Waals surface area contributed by atoms with E-state index in [4.69, 9.17) is 14.2 Å². The number of hydrogen-bond donors (Lipinski definition) is 2. The number of rotatable bonds is 5. The average molecular weight is 442 g/mol. The first-order valence-corrected chi connectivity index (χ1v) is 11.1. The number of ketones is 1. The van der Waals surface area contributed by atoms with Gasteiger partial charge >= 0.3 is 5.97 Å². The quantitative estimate of drug-likeness (QED) is 0.673. The van der Waals surface area contributed by atoms with Crippen LogP contribution >= 0.6 is 0 Å². The van der Waals surface area contributed by atoms with Gasteiger partial charge in [-0.05, 0) is 49.3 Å². The average Bonchev–Trinajstić information content (AvgIpc) is 3.23. The van der Waals surface area contributed by atoms with Crippen LogP contribution in [0.4, 0.5) is 0 Å². The summed E-state index contributed by atoms with van der Waals surface area (Å²) in [6, 6.07) is 4.99. The molecule has 0 bridgehead atoms. The Balaban J connectivity index is 1.74. The molecule has 0 saturated carbocycles. The van der Waals surface area contributed by atoms with E-state index in [1.807, 2.05) is 6.92 Å². The van der Waals surface area contributed by atoms with Gasteiger partial charge in [-0.1, -0.05) is 19.9 Å². The van der Waals surface area contributed by atoms with Crippen LogP contribution in [0.1, 0.15) is 57.9 Å². The van der Waals surface area contributed by atoms with Gasteiger partial charge < -0.3 is 24.6 Å². The lowest BCUT2D eigenvalue weighted by atomic mass is 9.68. The van der Waals surface area contributed by atoms with Gasteiger partial charge in [0, 0.05) is 35.9 Å². The molecule has 0 radical (unpaired) electrons. The van der Waals surface area contributed by atoms with E-state index in [9.17, 15) is 14.7 Å². The lowest BCUT2D eigenvalue weighted by molar-refractivity contribution is -0.142. The zero-order chi connectivity index (χ0) is 23.0. The van der Waals surface area contributed by atoms with Crippen LogP contribution in [0.15, 0.2) is 40.7 Å². The molecule has 1 aliphatic carbocycles. The van der Waals surface area contributed by atoms with Crippen molar-refractivity contribution < 1.29 is 28.9 Å². The molecule has 2 N–H and O–H groups in total. The highest BCUT2D eigenvalue weighted by molar-refractivity contribution is 6.04. The summed E-state index contributed by atoms with van der Waals surface area (Å²) >= 11 is 0. The second kappa shape index (κ2) is 8.62. The van der Waals surface area contributed by atoms with E-state index in [1.54, 1.807) is 18.2 Å². The second-order valence-corrected chi connectivity index (χ2v) is 9.59. The SMILES string of the molecule is COc1ccc(C2C(C(=O)OCC3CCCO3)=C(C)NC3=C2C(=O)CC(C)(C)C3)cc1O. The Kier molecular flexibility index (Phi) is 6.03. The molecular formula is C25H31NO6. The Labute approximate surface area is 188 Å². The third-order valence-corrected chi connectivity index (χ3v) is 6.42. The van der Waals surface area contributed by atoms with Crippen LogP contribution in [-0.4, -0.2) is 43.3 Å². The number of carbonyl (C=O) groups excluding carboxylic acids is 2. The Morgan fingerprint density at radius 1 is 1.31 bits per heavy atom. The van der Waals surface area contributed by atoms with Crippen LogP contribution < -0.4 is 10.1 Å². The van der Waals surface area contributed by atoms with Gasteiger partial charge in [-0.3, -0.25) is 4.79 Å². The number of esters is 1. The third-order valence-electron chi connectivity index (χ3n) is 6.42. The maximum atomic E-state index is 13.3. The van der Waals surface area contributed by atoms with E-state index in [0.717, 1.165) is 18.5 Å². The second-order valence-electron chi connectivity index (χ2n) is 9.59. The fourth-order valence-electron chi connectivity index (χ4n) is 4.95. The maximum absolute atomic E-state index is 13.3. The Morgan fingerprint density at radius 3 is 2.75 bits per heavy atom. The summed E-state index contributed by atoms with van der Waals surface area (Å²) in [5, 5.41) is 13.7. The van der Waals surface area contributed by atoms with E-state index < -0.39 is 11.9 Å². The summed E-state index contributed by atoms with van der Waals surface area (Å²) < 4.78 is 16.4. The van der Waals surface area contributed by atoms with E-state index in [1.165, 1.54) is 7.11 Å². The van der Waals surface area contributed by atoms with E-state index in [-0.39, 0.29) is 29.7 Å². The molecule has 7 heteroatoms. The summed E-state index contributed by atoms with van der Waals surface area (Å²) in [5.74, 6) is -0.810. The number of allylic oxidation sites excluding steroid dienone is 3. The molecule has 3 aliphatic rings. The largest absolute Gasteiger partial charge is 0.504 e. The van der Waals surface area contributed by atoms with Crippen LogP contribution in [0.25, 0.3) is 0 Å². The monoisotopic (exact) mass is 441 g/mol. The zero-order valence-corrected chi connectivity index (χ0v) is 19.1. The van der Waals surface area contributed by atoms with Crippen molar-refractivity contribution in [3.05, 3.63) is 46.3 Å². The number of dihydropyridines is 1. The Bertz CT molecular complexity index is 1000. The molecule has 0 amide bonds. The van der Waals surface area contributed by atoms with Gasteiger partial charge in [-0.2, -0.15) is 0 Å². The molecule has 1 aromatic carbocycles. The molecular weight excluding hydrogens is 410 g/mol. The van der Waals surface area contributed by atoms with E-state index in [2.05, 4.69) is 19.2 Å².